The summed E-state index contributed by atoms with van der Waals surface area (Å²) in [4.78, 5) is 20.9. The average Bonchev–Trinajstić information content (AvgIpc) is 2.20. The lowest BCUT2D eigenvalue weighted by atomic mass is 10.0. The van der Waals surface area contributed by atoms with Crippen LogP contribution in [0.1, 0.15) is 18.0 Å². The van der Waals surface area contributed by atoms with E-state index in [-0.39, 0.29) is 12.0 Å². The van der Waals surface area contributed by atoms with E-state index in [2.05, 4.69) is 21.2 Å². The predicted molar refractivity (Wildman–Crippen MR) is 58.3 cm³/mol. The molecule has 1 aromatic rings. The Morgan fingerprint density at radius 1 is 1.62 bits per heavy atom. The molecule has 2 N–H and O–H groups in total. The topological polar surface area (TPSA) is 66.4 Å². The summed E-state index contributed by atoms with van der Waals surface area (Å²) in [5.74, 6) is -1.66. The molecule has 1 amide bonds. The average molecular weight is 290 g/mol. The summed E-state index contributed by atoms with van der Waals surface area (Å²) >= 11 is 3.15. The molecular weight excluding hydrogens is 281 g/mol. The Morgan fingerprint density at radius 2 is 2.31 bits per heavy atom. The fourth-order valence-electron chi connectivity index (χ4n) is 1.30. The number of hydrogen-bond donors (Lipinski definition) is 2. The maximum absolute atomic E-state index is 13.4. The fourth-order valence-corrected chi connectivity index (χ4v) is 1.68. The van der Waals surface area contributed by atoms with Crippen LogP contribution in [0.5, 0.6) is 0 Å². The van der Waals surface area contributed by atoms with Gasteiger partial charge in [-0.1, -0.05) is 15.9 Å². The van der Waals surface area contributed by atoms with Gasteiger partial charge < -0.3 is 10.4 Å². The second-order valence-electron chi connectivity index (χ2n) is 3.10. The van der Waals surface area contributed by atoms with E-state index in [0.717, 1.165) is 0 Å². The van der Waals surface area contributed by atoms with Crippen LogP contribution in [0.3, 0.4) is 0 Å². The summed E-state index contributed by atoms with van der Waals surface area (Å²) in [6.07, 6.45) is -0.0138. The van der Waals surface area contributed by atoms with Crippen molar-refractivity contribution in [2.75, 3.05) is 0 Å². The molecule has 1 unspecified atom stereocenters. The van der Waals surface area contributed by atoms with Gasteiger partial charge in [-0.2, -0.15) is 0 Å². The van der Waals surface area contributed by atoms with Gasteiger partial charge in [0, 0.05) is 10.0 Å². The third-order valence-electron chi connectivity index (χ3n) is 1.98. The van der Waals surface area contributed by atoms with Gasteiger partial charge in [0.25, 0.3) is 0 Å². The summed E-state index contributed by atoms with van der Waals surface area (Å²) in [6.45, 7) is 0. The lowest BCUT2D eigenvalue weighted by Crippen LogP contribution is -2.23. The van der Waals surface area contributed by atoms with Crippen molar-refractivity contribution in [3.63, 3.8) is 0 Å². The molecule has 0 aromatic heterocycles. The maximum atomic E-state index is 13.4. The van der Waals surface area contributed by atoms with E-state index in [1.165, 1.54) is 18.2 Å². The number of halogens is 2. The molecular formula is C10H9BrFNO3. The summed E-state index contributed by atoms with van der Waals surface area (Å²) in [6, 6.07) is 3.28. The van der Waals surface area contributed by atoms with Gasteiger partial charge in [-0.25, -0.2) is 4.39 Å². The molecule has 0 aliphatic rings. The Kier molecular flexibility index (Phi) is 4.42. The van der Waals surface area contributed by atoms with E-state index in [0.29, 0.717) is 10.9 Å². The van der Waals surface area contributed by atoms with E-state index in [1.807, 2.05) is 0 Å². The van der Waals surface area contributed by atoms with Gasteiger partial charge >= 0.3 is 5.97 Å². The Bertz CT molecular complexity index is 411. The van der Waals surface area contributed by atoms with Gasteiger partial charge in [-0.15, -0.1) is 0 Å². The first-order valence-electron chi connectivity index (χ1n) is 4.41. The lowest BCUT2D eigenvalue weighted by Gasteiger charge is -2.15. The zero-order valence-electron chi connectivity index (χ0n) is 8.11. The predicted octanol–water partition coefficient (Wildman–Crippen LogP) is 1.85. The van der Waals surface area contributed by atoms with Crippen LogP contribution in [0.2, 0.25) is 0 Å². The van der Waals surface area contributed by atoms with Gasteiger partial charge in [-0.05, 0) is 18.2 Å². The Balaban J connectivity index is 3.03. The standard InChI is InChI=1S/C10H9BrFNO3/c11-6-1-2-8(12)7(3-6)9(13-5-14)4-10(15)16/h1-3,5,9H,4H2,(H,13,14)(H,15,16). The highest BCUT2D eigenvalue weighted by Gasteiger charge is 2.18. The van der Waals surface area contributed by atoms with Crippen LogP contribution >= 0.6 is 15.9 Å². The van der Waals surface area contributed by atoms with E-state index in [1.54, 1.807) is 0 Å². The molecule has 0 radical (unpaired) electrons. The normalized spacial score (nSPS) is 11.9. The molecule has 0 heterocycles. The number of hydrogen-bond acceptors (Lipinski definition) is 2. The van der Waals surface area contributed by atoms with Crippen molar-refractivity contribution in [3.05, 3.63) is 34.1 Å². The molecule has 0 saturated heterocycles. The molecule has 6 heteroatoms. The number of carbonyl (C=O) groups is 2. The van der Waals surface area contributed by atoms with Crippen molar-refractivity contribution in [1.82, 2.24) is 5.32 Å². The zero-order chi connectivity index (χ0) is 12.1. The molecule has 0 bridgehead atoms. The van der Waals surface area contributed by atoms with Crippen molar-refractivity contribution < 1.29 is 19.1 Å². The van der Waals surface area contributed by atoms with Crippen LogP contribution in [0.4, 0.5) is 4.39 Å². The van der Waals surface area contributed by atoms with Crippen molar-refractivity contribution in [2.24, 2.45) is 0 Å². The summed E-state index contributed by atoms with van der Waals surface area (Å²) < 4.78 is 14.0. The highest BCUT2D eigenvalue weighted by molar-refractivity contribution is 9.10. The van der Waals surface area contributed by atoms with Gasteiger partial charge in [-0.3, -0.25) is 9.59 Å². The number of amides is 1. The molecule has 16 heavy (non-hydrogen) atoms. The molecule has 0 aliphatic carbocycles. The maximum Gasteiger partial charge on any atom is 0.305 e. The number of carboxylic acid groups (broad SMARTS) is 1. The minimum absolute atomic E-state index is 0.142. The first kappa shape index (κ1) is 12.6. The van der Waals surface area contributed by atoms with Gasteiger partial charge in [0.15, 0.2) is 0 Å². The molecule has 0 spiro atoms. The highest BCUT2D eigenvalue weighted by atomic mass is 79.9. The van der Waals surface area contributed by atoms with E-state index >= 15 is 0 Å². The number of carboxylic acids is 1. The van der Waals surface area contributed by atoms with Gasteiger partial charge in [0.05, 0.1) is 12.5 Å². The minimum Gasteiger partial charge on any atom is -0.481 e. The summed E-state index contributed by atoms with van der Waals surface area (Å²) in [5, 5.41) is 10.9. The van der Waals surface area contributed by atoms with Crippen molar-refractivity contribution in [1.29, 1.82) is 0 Å². The SMILES string of the molecule is O=CNC(CC(=O)O)c1cc(Br)ccc1F. The number of benzene rings is 1. The van der Waals surface area contributed by atoms with Gasteiger partial charge in [0.2, 0.25) is 6.41 Å². The quantitative estimate of drug-likeness (QED) is 0.813. The molecule has 0 saturated carbocycles. The van der Waals surface area contributed by atoms with E-state index in [4.69, 9.17) is 5.11 Å². The Morgan fingerprint density at radius 3 is 2.88 bits per heavy atom. The van der Waals surface area contributed by atoms with Crippen molar-refractivity contribution in [2.45, 2.75) is 12.5 Å². The number of aliphatic carboxylic acids is 1. The molecule has 1 atom stereocenters. The monoisotopic (exact) mass is 289 g/mol. The molecule has 86 valence electrons. The highest BCUT2D eigenvalue weighted by Crippen LogP contribution is 2.23. The Hall–Kier alpha value is -1.43. The largest absolute Gasteiger partial charge is 0.481 e. The molecule has 1 rings (SSSR count). The number of nitrogens with one attached hydrogen (secondary N) is 1. The van der Waals surface area contributed by atoms with Crippen LogP contribution in [0.15, 0.2) is 22.7 Å². The van der Waals surface area contributed by atoms with Crippen molar-refractivity contribution in [3.8, 4) is 0 Å². The Labute approximate surface area is 99.6 Å². The smallest absolute Gasteiger partial charge is 0.305 e. The number of carbonyl (C=O) groups excluding carboxylic acids is 1. The van der Waals surface area contributed by atoms with Crippen LogP contribution in [-0.4, -0.2) is 17.5 Å². The fraction of sp³-hybridized carbons (Fsp3) is 0.200. The third kappa shape index (κ3) is 3.30. The first-order chi connectivity index (χ1) is 7.54. The minimum atomic E-state index is -1.11. The first-order valence-corrected chi connectivity index (χ1v) is 5.20. The van der Waals surface area contributed by atoms with Crippen LogP contribution in [-0.2, 0) is 9.59 Å². The second kappa shape index (κ2) is 5.60. The van der Waals surface area contributed by atoms with E-state index < -0.39 is 17.8 Å². The molecule has 4 nitrogen and oxygen atoms in total. The molecule has 0 aliphatic heterocycles. The number of rotatable bonds is 5. The van der Waals surface area contributed by atoms with Crippen molar-refractivity contribution >= 4 is 28.3 Å². The lowest BCUT2D eigenvalue weighted by molar-refractivity contribution is -0.137. The van der Waals surface area contributed by atoms with Crippen LogP contribution in [0.25, 0.3) is 0 Å². The van der Waals surface area contributed by atoms with E-state index in [9.17, 15) is 14.0 Å². The summed E-state index contributed by atoms with van der Waals surface area (Å²) in [5.41, 5.74) is 0.142. The van der Waals surface area contributed by atoms with Crippen LogP contribution in [0, 0.1) is 5.82 Å². The van der Waals surface area contributed by atoms with Crippen LogP contribution < -0.4 is 5.32 Å². The second-order valence-corrected chi connectivity index (χ2v) is 4.02. The molecule has 1 aromatic carbocycles. The molecule has 0 fully saturated rings. The third-order valence-corrected chi connectivity index (χ3v) is 2.47. The van der Waals surface area contributed by atoms with Gasteiger partial charge in [0.1, 0.15) is 5.82 Å². The summed E-state index contributed by atoms with van der Waals surface area (Å²) in [7, 11) is 0. The zero-order valence-corrected chi connectivity index (χ0v) is 9.70.